The van der Waals surface area contributed by atoms with E-state index in [0.717, 1.165) is 21.1 Å². The van der Waals surface area contributed by atoms with Crippen molar-refractivity contribution in [2.45, 2.75) is 6.92 Å². The van der Waals surface area contributed by atoms with E-state index >= 15 is 0 Å². The summed E-state index contributed by atoms with van der Waals surface area (Å²) < 4.78 is 6.38. The summed E-state index contributed by atoms with van der Waals surface area (Å²) in [6, 6.07) is 13.2. The summed E-state index contributed by atoms with van der Waals surface area (Å²) in [7, 11) is 0. The Morgan fingerprint density at radius 3 is 2.80 bits per heavy atom. The van der Waals surface area contributed by atoms with Crippen LogP contribution < -0.4 is 5.32 Å². The third-order valence-corrected chi connectivity index (χ3v) is 3.66. The second-order valence-electron chi connectivity index (χ2n) is 4.56. The Labute approximate surface area is 124 Å². The number of rotatable bonds is 2. The number of para-hydroxylation sites is 1. The number of hydrogen-bond acceptors (Lipinski definition) is 2. The fraction of sp³-hybridized carbons (Fsp3) is 0.0625. The maximum atomic E-state index is 12.3. The molecule has 3 rings (SSSR count). The minimum absolute atomic E-state index is 0.166. The summed E-state index contributed by atoms with van der Waals surface area (Å²) in [5.41, 5.74) is 3.05. The van der Waals surface area contributed by atoms with Crippen molar-refractivity contribution in [3.05, 3.63) is 64.3 Å². The van der Waals surface area contributed by atoms with Gasteiger partial charge in [0.2, 0.25) is 0 Å². The van der Waals surface area contributed by atoms with Crippen molar-refractivity contribution < 1.29 is 9.21 Å². The summed E-state index contributed by atoms with van der Waals surface area (Å²) in [5, 5.41) is 3.73. The zero-order valence-corrected chi connectivity index (χ0v) is 12.4. The van der Waals surface area contributed by atoms with Gasteiger partial charge in [-0.1, -0.05) is 34.1 Å². The highest BCUT2D eigenvalue weighted by Gasteiger charge is 2.14. The van der Waals surface area contributed by atoms with Gasteiger partial charge in [-0.2, -0.15) is 0 Å². The first-order valence-corrected chi connectivity index (χ1v) is 6.98. The second kappa shape index (κ2) is 5.13. The maximum absolute atomic E-state index is 12.3. The van der Waals surface area contributed by atoms with Crippen LogP contribution in [0.15, 0.2) is 57.6 Å². The van der Waals surface area contributed by atoms with E-state index in [1.165, 1.54) is 6.26 Å². The van der Waals surface area contributed by atoms with Crippen molar-refractivity contribution in [2.24, 2.45) is 0 Å². The van der Waals surface area contributed by atoms with Gasteiger partial charge < -0.3 is 9.73 Å². The van der Waals surface area contributed by atoms with Crippen LogP contribution in [0.2, 0.25) is 0 Å². The minimum Gasteiger partial charge on any atom is -0.463 e. The maximum Gasteiger partial charge on any atom is 0.259 e. The molecule has 100 valence electrons. The molecule has 0 bridgehead atoms. The number of halogens is 1. The van der Waals surface area contributed by atoms with E-state index < -0.39 is 0 Å². The van der Waals surface area contributed by atoms with Crippen LogP contribution >= 0.6 is 15.9 Å². The molecule has 3 nitrogen and oxygen atoms in total. The molecule has 0 unspecified atom stereocenters. The number of aryl methyl sites for hydroxylation is 1. The Kier molecular flexibility index (Phi) is 3.32. The van der Waals surface area contributed by atoms with Gasteiger partial charge >= 0.3 is 0 Å². The number of fused-ring (bicyclic) bond motifs is 1. The van der Waals surface area contributed by atoms with Crippen molar-refractivity contribution >= 4 is 38.5 Å². The fourth-order valence-corrected chi connectivity index (χ4v) is 2.59. The first kappa shape index (κ1) is 12.9. The molecule has 0 radical (unpaired) electrons. The molecule has 2 aromatic carbocycles. The monoisotopic (exact) mass is 329 g/mol. The number of carbonyl (C=O) groups excluding carboxylic acids is 1. The number of furan rings is 1. The lowest BCUT2D eigenvalue weighted by Crippen LogP contribution is -2.12. The van der Waals surface area contributed by atoms with Crippen LogP contribution in [0, 0.1) is 6.92 Å². The SMILES string of the molecule is Cc1cc(Br)ccc1NC(=O)c1coc2ccccc12. The molecule has 0 fully saturated rings. The number of benzene rings is 2. The van der Waals surface area contributed by atoms with Crippen LogP contribution in [0.25, 0.3) is 11.0 Å². The molecule has 0 spiro atoms. The Balaban J connectivity index is 1.93. The molecule has 20 heavy (non-hydrogen) atoms. The molecule has 0 atom stereocenters. The minimum atomic E-state index is -0.166. The molecule has 4 heteroatoms. The third-order valence-electron chi connectivity index (χ3n) is 3.16. The smallest absolute Gasteiger partial charge is 0.259 e. The van der Waals surface area contributed by atoms with Crippen molar-refractivity contribution in [1.82, 2.24) is 0 Å². The number of nitrogens with one attached hydrogen (secondary N) is 1. The summed E-state index contributed by atoms with van der Waals surface area (Å²) in [6.45, 7) is 1.95. The number of anilines is 1. The van der Waals surface area contributed by atoms with E-state index in [1.807, 2.05) is 49.4 Å². The number of carbonyl (C=O) groups is 1. The summed E-state index contributed by atoms with van der Waals surface area (Å²) in [5.74, 6) is -0.166. The molecule has 3 aromatic rings. The van der Waals surface area contributed by atoms with Crippen LogP contribution in [-0.4, -0.2) is 5.91 Å². The molecule has 1 aromatic heterocycles. The van der Waals surface area contributed by atoms with Crippen molar-refractivity contribution in [2.75, 3.05) is 5.32 Å². The molecule has 0 aliphatic carbocycles. The highest BCUT2D eigenvalue weighted by molar-refractivity contribution is 9.10. The normalized spacial score (nSPS) is 10.7. The molecular formula is C16H12BrNO2. The van der Waals surface area contributed by atoms with Gasteiger partial charge in [0.15, 0.2) is 0 Å². The predicted molar refractivity (Wildman–Crippen MR) is 83.0 cm³/mol. The van der Waals surface area contributed by atoms with Gasteiger partial charge in [-0.25, -0.2) is 0 Å². The molecule has 0 aliphatic rings. The van der Waals surface area contributed by atoms with E-state index in [1.54, 1.807) is 0 Å². The van der Waals surface area contributed by atoms with Crippen molar-refractivity contribution in [1.29, 1.82) is 0 Å². The lowest BCUT2D eigenvalue weighted by Gasteiger charge is -2.07. The summed E-state index contributed by atoms with van der Waals surface area (Å²) in [4.78, 5) is 12.3. The van der Waals surface area contributed by atoms with Crippen molar-refractivity contribution in [3.63, 3.8) is 0 Å². The van der Waals surface area contributed by atoms with Gasteiger partial charge in [-0.15, -0.1) is 0 Å². The Hall–Kier alpha value is -2.07. The Morgan fingerprint density at radius 2 is 2.00 bits per heavy atom. The fourth-order valence-electron chi connectivity index (χ4n) is 2.11. The van der Waals surface area contributed by atoms with Crippen LogP contribution in [-0.2, 0) is 0 Å². The molecule has 0 saturated carbocycles. The molecule has 0 saturated heterocycles. The van der Waals surface area contributed by atoms with E-state index in [9.17, 15) is 4.79 Å². The van der Waals surface area contributed by atoms with Gasteiger partial charge in [0.1, 0.15) is 11.8 Å². The van der Waals surface area contributed by atoms with Crippen LogP contribution in [0.3, 0.4) is 0 Å². The molecular weight excluding hydrogens is 318 g/mol. The highest BCUT2D eigenvalue weighted by atomic mass is 79.9. The Morgan fingerprint density at radius 1 is 1.20 bits per heavy atom. The standard InChI is InChI=1S/C16H12BrNO2/c1-10-8-11(17)6-7-14(10)18-16(19)13-9-20-15-5-3-2-4-12(13)15/h2-9H,1H3,(H,18,19). The van der Waals surface area contributed by atoms with Crippen LogP contribution in [0.5, 0.6) is 0 Å². The van der Waals surface area contributed by atoms with Gasteiger partial charge in [0, 0.05) is 15.5 Å². The van der Waals surface area contributed by atoms with Gasteiger partial charge in [-0.3, -0.25) is 4.79 Å². The number of hydrogen-bond donors (Lipinski definition) is 1. The zero-order chi connectivity index (χ0) is 14.1. The van der Waals surface area contributed by atoms with Crippen molar-refractivity contribution in [3.8, 4) is 0 Å². The first-order valence-electron chi connectivity index (χ1n) is 6.19. The summed E-state index contributed by atoms with van der Waals surface area (Å²) in [6.07, 6.45) is 1.49. The molecule has 1 heterocycles. The molecule has 0 aliphatic heterocycles. The highest BCUT2D eigenvalue weighted by Crippen LogP contribution is 2.24. The van der Waals surface area contributed by atoms with E-state index in [-0.39, 0.29) is 5.91 Å². The topological polar surface area (TPSA) is 42.2 Å². The van der Waals surface area contributed by atoms with Gasteiger partial charge in [0.05, 0.1) is 5.56 Å². The van der Waals surface area contributed by atoms with E-state index in [2.05, 4.69) is 21.2 Å². The predicted octanol–water partition coefficient (Wildman–Crippen LogP) is 4.76. The second-order valence-corrected chi connectivity index (χ2v) is 5.47. The quantitative estimate of drug-likeness (QED) is 0.736. The van der Waals surface area contributed by atoms with Crippen LogP contribution in [0.1, 0.15) is 15.9 Å². The molecule has 1 amide bonds. The van der Waals surface area contributed by atoms with E-state index in [0.29, 0.717) is 11.1 Å². The zero-order valence-electron chi connectivity index (χ0n) is 10.8. The van der Waals surface area contributed by atoms with Gasteiger partial charge in [0.25, 0.3) is 5.91 Å². The Bertz CT molecular complexity index is 792. The largest absolute Gasteiger partial charge is 0.463 e. The number of amides is 1. The first-order chi connectivity index (χ1) is 9.65. The summed E-state index contributed by atoms with van der Waals surface area (Å²) >= 11 is 3.41. The lowest BCUT2D eigenvalue weighted by molar-refractivity contribution is 0.102. The van der Waals surface area contributed by atoms with E-state index in [4.69, 9.17) is 4.42 Å². The average molecular weight is 330 g/mol. The average Bonchev–Trinajstić information content (AvgIpc) is 2.86. The lowest BCUT2D eigenvalue weighted by atomic mass is 10.1. The van der Waals surface area contributed by atoms with Crippen LogP contribution in [0.4, 0.5) is 5.69 Å². The third kappa shape index (κ3) is 2.34. The van der Waals surface area contributed by atoms with Gasteiger partial charge in [-0.05, 0) is 36.8 Å². The molecule has 1 N–H and O–H groups in total.